The number of hydrogen-bond acceptors (Lipinski definition) is 4. The van der Waals surface area contributed by atoms with Gasteiger partial charge in [0.2, 0.25) is 5.76 Å². The molecule has 0 saturated heterocycles. The van der Waals surface area contributed by atoms with Crippen molar-refractivity contribution in [3.05, 3.63) is 60.0 Å². The Balaban J connectivity index is 1.62. The summed E-state index contributed by atoms with van der Waals surface area (Å²) in [5.41, 5.74) is 2.03. The molecule has 0 aliphatic rings. The third-order valence-corrected chi connectivity index (χ3v) is 3.26. The number of rotatable bonds is 5. The summed E-state index contributed by atoms with van der Waals surface area (Å²) in [4.78, 5) is 0. The van der Waals surface area contributed by atoms with Gasteiger partial charge < -0.3 is 13.7 Å². The Bertz CT molecular complexity index is 681. The molecule has 0 aliphatic heterocycles. The number of aromatic nitrogens is 1. The molecule has 4 nitrogen and oxygen atoms in total. The fourth-order valence-corrected chi connectivity index (χ4v) is 2.02. The maximum Gasteiger partial charge on any atom is 0.202 e. The van der Waals surface area contributed by atoms with E-state index >= 15 is 0 Å². The molecule has 2 aromatic heterocycles. The van der Waals surface area contributed by atoms with Crippen molar-refractivity contribution in [2.24, 2.45) is 0 Å². The van der Waals surface area contributed by atoms with Gasteiger partial charge in [-0.15, -0.1) is 0 Å². The standard InChI is InChI=1S/C17H17NO3/c1-12(2)13-5-7-15(8-6-13)20-11-14-10-17(21-18-14)16-4-3-9-19-16/h3-10,12H,11H2,1-2H3. The van der Waals surface area contributed by atoms with Crippen molar-refractivity contribution in [2.45, 2.75) is 26.4 Å². The summed E-state index contributed by atoms with van der Waals surface area (Å²) >= 11 is 0. The summed E-state index contributed by atoms with van der Waals surface area (Å²) in [6.45, 7) is 4.70. The van der Waals surface area contributed by atoms with Crippen LogP contribution in [0.2, 0.25) is 0 Å². The molecule has 0 spiro atoms. The Kier molecular flexibility index (Phi) is 3.77. The fourth-order valence-electron chi connectivity index (χ4n) is 2.02. The second-order valence-corrected chi connectivity index (χ2v) is 5.17. The van der Waals surface area contributed by atoms with Crippen molar-refractivity contribution >= 4 is 0 Å². The van der Waals surface area contributed by atoms with Gasteiger partial charge in [-0.1, -0.05) is 31.1 Å². The molecular formula is C17H17NO3. The van der Waals surface area contributed by atoms with Crippen LogP contribution >= 0.6 is 0 Å². The second kappa shape index (κ2) is 5.87. The van der Waals surface area contributed by atoms with E-state index in [1.807, 2.05) is 30.3 Å². The first-order valence-electron chi connectivity index (χ1n) is 6.94. The first-order valence-corrected chi connectivity index (χ1v) is 6.94. The van der Waals surface area contributed by atoms with Crippen molar-refractivity contribution in [3.63, 3.8) is 0 Å². The Morgan fingerprint density at radius 3 is 2.57 bits per heavy atom. The molecule has 0 radical (unpaired) electrons. The van der Waals surface area contributed by atoms with Crippen LogP contribution in [0, 0.1) is 0 Å². The zero-order chi connectivity index (χ0) is 14.7. The van der Waals surface area contributed by atoms with E-state index in [2.05, 4.69) is 31.1 Å². The van der Waals surface area contributed by atoms with Crippen molar-refractivity contribution in [2.75, 3.05) is 0 Å². The fraction of sp³-hybridized carbons (Fsp3) is 0.235. The monoisotopic (exact) mass is 283 g/mol. The van der Waals surface area contributed by atoms with Gasteiger partial charge in [-0.2, -0.15) is 0 Å². The van der Waals surface area contributed by atoms with Crippen LogP contribution < -0.4 is 4.74 Å². The van der Waals surface area contributed by atoms with Crippen molar-refractivity contribution in [1.29, 1.82) is 0 Å². The summed E-state index contributed by atoms with van der Waals surface area (Å²) in [7, 11) is 0. The average Bonchev–Trinajstić information content (AvgIpc) is 3.16. The quantitative estimate of drug-likeness (QED) is 0.684. The van der Waals surface area contributed by atoms with E-state index in [4.69, 9.17) is 13.7 Å². The summed E-state index contributed by atoms with van der Waals surface area (Å²) in [6.07, 6.45) is 1.60. The van der Waals surface area contributed by atoms with Gasteiger partial charge >= 0.3 is 0 Å². The van der Waals surface area contributed by atoms with Crippen LogP contribution in [0.5, 0.6) is 5.75 Å². The molecule has 0 N–H and O–H groups in total. The molecule has 0 bridgehead atoms. The highest BCUT2D eigenvalue weighted by Crippen LogP contribution is 2.22. The normalized spacial score (nSPS) is 11.0. The van der Waals surface area contributed by atoms with E-state index in [-0.39, 0.29) is 0 Å². The van der Waals surface area contributed by atoms with Crippen molar-refractivity contribution in [1.82, 2.24) is 5.16 Å². The first kappa shape index (κ1) is 13.5. The third-order valence-electron chi connectivity index (χ3n) is 3.26. The van der Waals surface area contributed by atoms with E-state index in [9.17, 15) is 0 Å². The molecule has 21 heavy (non-hydrogen) atoms. The van der Waals surface area contributed by atoms with Crippen LogP contribution in [0.1, 0.15) is 31.0 Å². The number of nitrogens with zero attached hydrogens (tertiary/aromatic N) is 1. The summed E-state index contributed by atoms with van der Waals surface area (Å²) in [5, 5.41) is 3.97. The number of hydrogen-bond donors (Lipinski definition) is 0. The average molecular weight is 283 g/mol. The van der Waals surface area contributed by atoms with Crippen LogP contribution in [0.4, 0.5) is 0 Å². The Labute approximate surface area is 123 Å². The molecule has 4 heteroatoms. The van der Waals surface area contributed by atoms with Gasteiger partial charge in [0.1, 0.15) is 18.1 Å². The summed E-state index contributed by atoms with van der Waals surface area (Å²) < 4.78 is 16.2. The van der Waals surface area contributed by atoms with E-state index < -0.39 is 0 Å². The molecule has 0 saturated carbocycles. The largest absolute Gasteiger partial charge is 0.487 e. The molecular weight excluding hydrogens is 266 g/mol. The maximum atomic E-state index is 5.70. The lowest BCUT2D eigenvalue weighted by Gasteiger charge is -2.07. The van der Waals surface area contributed by atoms with Gasteiger partial charge in [-0.3, -0.25) is 0 Å². The molecule has 3 aromatic rings. The highest BCUT2D eigenvalue weighted by atomic mass is 16.5. The molecule has 108 valence electrons. The van der Waals surface area contributed by atoms with E-state index in [0.717, 1.165) is 11.4 Å². The van der Waals surface area contributed by atoms with Crippen LogP contribution in [0.25, 0.3) is 11.5 Å². The highest BCUT2D eigenvalue weighted by molar-refractivity contribution is 5.49. The Hall–Kier alpha value is -2.49. The summed E-state index contributed by atoms with van der Waals surface area (Å²) in [6, 6.07) is 13.6. The topological polar surface area (TPSA) is 48.4 Å². The molecule has 0 amide bonds. The zero-order valence-electron chi connectivity index (χ0n) is 12.1. The zero-order valence-corrected chi connectivity index (χ0v) is 12.1. The number of furan rings is 1. The lowest BCUT2D eigenvalue weighted by atomic mass is 10.0. The van der Waals surface area contributed by atoms with E-state index in [1.165, 1.54) is 5.56 Å². The van der Waals surface area contributed by atoms with E-state index in [1.54, 1.807) is 6.26 Å². The predicted octanol–water partition coefficient (Wildman–Crippen LogP) is 4.64. The number of ether oxygens (including phenoxy) is 1. The lowest BCUT2D eigenvalue weighted by molar-refractivity contribution is 0.289. The van der Waals surface area contributed by atoms with Gasteiger partial charge in [-0.25, -0.2) is 0 Å². The minimum Gasteiger partial charge on any atom is -0.487 e. The van der Waals surface area contributed by atoms with Gasteiger partial charge in [0.15, 0.2) is 5.76 Å². The third kappa shape index (κ3) is 3.16. The van der Waals surface area contributed by atoms with Gasteiger partial charge in [0.05, 0.1) is 6.26 Å². The second-order valence-electron chi connectivity index (χ2n) is 5.17. The van der Waals surface area contributed by atoms with Crippen LogP contribution in [0.3, 0.4) is 0 Å². The van der Waals surface area contributed by atoms with E-state index in [0.29, 0.717) is 24.0 Å². The summed E-state index contributed by atoms with van der Waals surface area (Å²) in [5.74, 6) is 2.61. The van der Waals surface area contributed by atoms with Crippen LogP contribution in [-0.2, 0) is 6.61 Å². The molecule has 0 unspecified atom stereocenters. The van der Waals surface area contributed by atoms with Crippen molar-refractivity contribution in [3.8, 4) is 17.3 Å². The first-order chi connectivity index (χ1) is 10.2. The molecule has 0 atom stereocenters. The van der Waals surface area contributed by atoms with Crippen LogP contribution in [0.15, 0.2) is 57.7 Å². The van der Waals surface area contributed by atoms with Gasteiger partial charge in [0, 0.05) is 6.07 Å². The van der Waals surface area contributed by atoms with Crippen molar-refractivity contribution < 1.29 is 13.7 Å². The Morgan fingerprint density at radius 1 is 1.10 bits per heavy atom. The molecule has 1 aromatic carbocycles. The minimum absolute atomic E-state index is 0.366. The van der Waals surface area contributed by atoms with Crippen LogP contribution in [-0.4, -0.2) is 5.16 Å². The maximum absolute atomic E-state index is 5.70. The van der Waals surface area contributed by atoms with Gasteiger partial charge in [-0.05, 0) is 35.7 Å². The minimum atomic E-state index is 0.366. The molecule has 0 aliphatic carbocycles. The smallest absolute Gasteiger partial charge is 0.202 e. The number of benzene rings is 1. The SMILES string of the molecule is CC(C)c1ccc(OCc2cc(-c3ccco3)on2)cc1. The molecule has 2 heterocycles. The lowest BCUT2D eigenvalue weighted by Crippen LogP contribution is -1.95. The highest BCUT2D eigenvalue weighted by Gasteiger charge is 2.09. The Morgan fingerprint density at radius 2 is 1.90 bits per heavy atom. The van der Waals surface area contributed by atoms with Gasteiger partial charge in [0.25, 0.3) is 0 Å². The molecule has 0 fully saturated rings. The molecule has 3 rings (SSSR count). The predicted molar refractivity (Wildman–Crippen MR) is 79.1 cm³/mol.